The topological polar surface area (TPSA) is 46.7 Å². The van der Waals surface area contributed by atoms with E-state index in [1.54, 1.807) is 11.8 Å². The van der Waals surface area contributed by atoms with Crippen molar-refractivity contribution in [2.24, 2.45) is 0 Å². The summed E-state index contributed by atoms with van der Waals surface area (Å²) in [5, 5.41) is 4.72. The van der Waals surface area contributed by atoms with Gasteiger partial charge in [0.2, 0.25) is 6.71 Å². The van der Waals surface area contributed by atoms with Crippen LogP contribution in [0.3, 0.4) is 0 Å². The monoisotopic (exact) mass is 949 g/mol. The van der Waals surface area contributed by atoms with Gasteiger partial charge in [-0.2, -0.15) is 0 Å². The summed E-state index contributed by atoms with van der Waals surface area (Å²) in [5.74, 6) is 0.729. The molecule has 0 fully saturated rings. The van der Waals surface area contributed by atoms with Crippen LogP contribution < -0.4 is 32.1 Å². The van der Waals surface area contributed by atoms with Gasteiger partial charge in [-0.15, -0.1) is 0 Å². The number of nitrogens with zero attached hydrogens (tertiary/aromatic N) is 3. The SMILES string of the molecule is CC(C)c1cc(C(C)C)c(B2c3ccc(N(c4ccccc4)c4ccccc4)cc3Sc3cc4c(=O)c5cc(-n6c7ccccc7c7ccccc76)ccc5n5c6ccccc6c(=O)c(c32)c45)c(C(C)C)c1. The van der Waals surface area contributed by atoms with Gasteiger partial charge < -0.3 is 13.9 Å². The third-order valence-corrected chi connectivity index (χ3v) is 16.4. The predicted molar refractivity (Wildman–Crippen MR) is 307 cm³/mol. The number of rotatable bonds is 8. The molecule has 0 atom stereocenters. The van der Waals surface area contributed by atoms with E-state index in [9.17, 15) is 0 Å². The highest BCUT2D eigenvalue weighted by molar-refractivity contribution is 8.00. The smallest absolute Gasteiger partial charge is 0.245 e. The maximum Gasteiger partial charge on any atom is 0.245 e. The second-order valence-corrected chi connectivity index (χ2v) is 21.6. The molecule has 1 aliphatic rings. The Morgan fingerprint density at radius 1 is 0.444 bits per heavy atom. The third-order valence-electron chi connectivity index (χ3n) is 15.3. The van der Waals surface area contributed by atoms with Gasteiger partial charge in [-0.3, -0.25) is 9.59 Å². The minimum absolute atomic E-state index is 0.0471. The van der Waals surface area contributed by atoms with Crippen LogP contribution in [0.4, 0.5) is 17.1 Å². The van der Waals surface area contributed by atoms with Crippen LogP contribution >= 0.6 is 11.8 Å². The molecular formula is C65H52BN3O2S. The van der Waals surface area contributed by atoms with Crippen molar-refractivity contribution in [3.63, 3.8) is 0 Å². The molecule has 0 bridgehead atoms. The van der Waals surface area contributed by atoms with Gasteiger partial charge >= 0.3 is 0 Å². The third kappa shape index (κ3) is 6.63. The minimum atomic E-state index is -0.311. The van der Waals surface area contributed by atoms with Gasteiger partial charge in [-0.25, -0.2) is 0 Å². The Labute approximate surface area is 423 Å². The number of benzene rings is 9. The fourth-order valence-corrected chi connectivity index (χ4v) is 13.2. The lowest BCUT2D eigenvalue weighted by Gasteiger charge is -2.34. The zero-order valence-corrected chi connectivity index (χ0v) is 42.1. The Bertz CT molecular complexity index is 4170. The average Bonchev–Trinajstić information content (AvgIpc) is 3.74. The molecule has 7 heteroatoms. The molecule has 0 aliphatic carbocycles. The van der Waals surface area contributed by atoms with E-state index >= 15 is 9.59 Å². The van der Waals surface area contributed by atoms with E-state index in [-0.39, 0.29) is 29.4 Å². The van der Waals surface area contributed by atoms with Crippen LogP contribution in [0.2, 0.25) is 0 Å². The highest BCUT2D eigenvalue weighted by Crippen LogP contribution is 2.42. The first-order chi connectivity index (χ1) is 35.1. The van der Waals surface area contributed by atoms with Crippen molar-refractivity contribution in [3.8, 4) is 5.69 Å². The average molecular weight is 950 g/mol. The standard InChI is InChI=1S/C65H52BN3O2S/c1-38(2)41-33-49(39(3)4)61(50(34-41)40(5)6)66-53-31-29-45(67(42-19-9-7-10-20-42)43-21-11-8-12-22-43)36-58(53)72-59-37-52-63-60(62(59)66)65(71)48-25-15-18-28-56(48)69(63)57-32-30-44(35-51(57)64(52)70)68-54-26-16-13-23-46(54)47-24-14-17-27-55(47)68/h7-40H,1-6H3. The molecule has 348 valence electrons. The molecule has 1 aliphatic heterocycles. The van der Waals surface area contributed by atoms with Crippen molar-refractivity contribution in [1.82, 2.24) is 8.97 Å². The highest BCUT2D eigenvalue weighted by Gasteiger charge is 2.39. The van der Waals surface area contributed by atoms with Gasteiger partial charge in [-0.1, -0.05) is 167 Å². The van der Waals surface area contributed by atoms with Crippen LogP contribution in [0.25, 0.3) is 65.6 Å². The van der Waals surface area contributed by atoms with E-state index in [0.717, 1.165) is 76.3 Å². The van der Waals surface area contributed by atoms with Crippen LogP contribution in [0.1, 0.15) is 76.0 Å². The summed E-state index contributed by atoms with van der Waals surface area (Å²) < 4.78 is 4.49. The summed E-state index contributed by atoms with van der Waals surface area (Å²) in [6.45, 7) is 13.5. The van der Waals surface area contributed by atoms with Gasteiger partial charge in [0.1, 0.15) is 0 Å². The van der Waals surface area contributed by atoms with Crippen LogP contribution in [0.5, 0.6) is 0 Å². The predicted octanol–water partition coefficient (Wildman–Crippen LogP) is 14.5. The first kappa shape index (κ1) is 44.1. The van der Waals surface area contributed by atoms with Crippen molar-refractivity contribution < 1.29 is 0 Å². The lowest BCUT2D eigenvalue weighted by molar-refractivity contribution is 0.812. The Morgan fingerprint density at radius 2 is 1.00 bits per heavy atom. The van der Waals surface area contributed by atoms with E-state index < -0.39 is 0 Å². The lowest BCUT2D eigenvalue weighted by Crippen LogP contribution is -2.58. The second kappa shape index (κ2) is 16.9. The van der Waals surface area contributed by atoms with Gasteiger partial charge in [-0.05, 0) is 125 Å². The molecule has 9 aromatic carbocycles. The summed E-state index contributed by atoms with van der Waals surface area (Å²) in [4.78, 5) is 36.0. The number of para-hydroxylation sites is 5. The molecule has 0 spiro atoms. The van der Waals surface area contributed by atoms with E-state index in [4.69, 9.17) is 0 Å². The summed E-state index contributed by atoms with van der Waals surface area (Å²) in [7, 11) is 0. The molecule has 72 heavy (non-hydrogen) atoms. The van der Waals surface area contributed by atoms with Crippen LogP contribution in [0, 0.1) is 0 Å². The first-order valence-electron chi connectivity index (χ1n) is 25.3. The summed E-state index contributed by atoms with van der Waals surface area (Å²) in [5.41, 5.74) is 15.6. The summed E-state index contributed by atoms with van der Waals surface area (Å²) >= 11 is 1.68. The Kier molecular flexibility index (Phi) is 10.3. The quantitative estimate of drug-likeness (QED) is 0.0865. The van der Waals surface area contributed by atoms with Gasteiger partial charge in [0.15, 0.2) is 10.9 Å². The van der Waals surface area contributed by atoms with Crippen LogP contribution in [-0.2, 0) is 0 Å². The number of anilines is 3. The molecule has 0 N–H and O–H groups in total. The second-order valence-electron chi connectivity index (χ2n) is 20.5. The van der Waals surface area contributed by atoms with Gasteiger partial charge in [0, 0.05) is 64.9 Å². The molecule has 3 aromatic heterocycles. The summed E-state index contributed by atoms with van der Waals surface area (Å²) in [6.07, 6.45) is 0. The zero-order valence-electron chi connectivity index (χ0n) is 41.3. The maximum absolute atomic E-state index is 15.9. The van der Waals surface area contributed by atoms with E-state index in [0.29, 0.717) is 33.0 Å². The number of hydrogen-bond acceptors (Lipinski definition) is 4. The number of aromatic nitrogens is 2. The van der Waals surface area contributed by atoms with Gasteiger partial charge in [0.25, 0.3) is 0 Å². The molecule has 0 saturated carbocycles. The molecule has 13 rings (SSSR count). The van der Waals surface area contributed by atoms with E-state index in [1.165, 1.54) is 22.2 Å². The molecule has 0 radical (unpaired) electrons. The zero-order chi connectivity index (χ0) is 49.1. The van der Waals surface area contributed by atoms with E-state index in [1.807, 2.05) is 24.3 Å². The molecule has 5 nitrogen and oxygen atoms in total. The van der Waals surface area contributed by atoms with Crippen molar-refractivity contribution in [3.05, 3.63) is 225 Å². The van der Waals surface area contributed by atoms with Crippen molar-refractivity contribution in [2.45, 2.75) is 69.1 Å². The van der Waals surface area contributed by atoms with Crippen LogP contribution in [-0.4, -0.2) is 15.7 Å². The minimum Gasteiger partial charge on any atom is -0.310 e. The number of pyridine rings is 2. The Hall–Kier alpha value is -7.87. The molecule has 0 amide bonds. The number of fused-ring (bicyclic) bond motifs is 10. The first-order valence-corrected chi connectivity index (χ1v) is 26.1. The van der Waals surface area contributed by atoms with E-state index in [2.05, 4.69) is 219 Å². The van der Waals surface area contributed by atoms with Crippen molar-refractivity contribution in [2.75, 3.05) is 4.90 Å². The fourth-order valence-electron chi connectivity index (χ4n) is 11.9. The molecule has 0 saturated heterocycles. The van der Waals surface area contributed by atoms with Gasteiger partial charge in [0.05, 0.1) is 27.6 Å². The maximum atomic E-state index is 15.9. The Balaban J connectivity index is 1.16. The van der Waals surface area contributed by atoms with Crippen molar-refractivity contribution >= 4 is 112 Å². The molecule has 12 aromatic rings. The summed E-state index contributed by atoms with van der Waals surface area (Å²) in [6, 6.07) is 66.1. The normalized spacial score (nSPS) is 12.7. The fraction of sp³-hybridized carbons (Fsp3) is 0.138. The number of hydrogen-bond donors (Lipinski definition) is 0. The van der Waals surface area contributed by atoms with Crippen LogP contribution in [0.15, 0.2) is 207 Å². The largest absolute Gasteiger partial charge is 0.310 e. The molecule has 0 unspecified atom stereocenters. The lowest BCUT2D eigenvalue weighted by atomic mass is 9.34. The highest BCUT2D eigenvalue weighted by atomic mass is 32.2. The molecular weight excluding hydrogens is 898 g/mol. The molecule has 4 heterocycles. The van der Waals surface area contributed by atoms with Crippen molar-refractivity contribution in [1.29, 1.82) is 0 Å². The Morgan fingerprint density at radius 3 is 1.60 bits per heavy atom.